The van der Waals surface area contributed by atoms with Crippen molar-refractivity contribution in [2.24, 2.45) is 0 Å². The zero-order chi connectivity index (χ0) is 66.7. The van der Waals surface area contributed by atoms with E-state index in [0.717, 1.165) is 129 Å². The van der Waals surface area contributed by atoms with Crippen LogP contribution in [0.4, 0.5) is 62.6 Å². The van der Waals surface area contributed by atoms with Gasteiger partial charge >= 0.3 is 5.69 Å². The number of nitrogens with zero attached hydrogens (tertiary/aromatic N) is 6. The van der Waals surface area contributed by atoms with E-state index in [0.29, 0.717) is 0 Å². The summed E-state index contributed by atoms with van der Waals surface area (Å²) >= 11 is 0. The second-order valence-electron chi connectivity index (χ2n) is 24.1. The third kappa shape index (κ3) is 13.1. The van der Waals surface area contributed by atoms with Gasteiger partial charge in [0, 0.05) is 68.5 Å². The molecule has 0 amide bonds. The molecule has 0 radical (unpaired) electrons. The fourth-order valence-corrected chi connectivity index (χ4v) is 13.2. The molecule has 14 aromatic carbocycles. The molecular formula is C92H70N6O. The van der Waals surface area contributed by atoms with Crippen molar-refractivity contribution in [3.05, 3.63) is 417 Å². The van der Waals surface area contributed by atoms with Gasteiger partial charge in [0.15, 0.2) is 0 Å². The molecule has 99 heavy (non-hydrogen) atoms. The van der Waals surface area contributed by atoms with Gasteiger partial charge in [-0.3, -0.25) is 9.13 Å². The summed E-state index contributed by atoms with van der Waals surface area (Å²) in [7, 11) is 0. The van der Waals surface area contributed by atoms with E-state index in [1.807, 2.05) is 70.7 Å². The van der Waals surface area contributed by atoms with Crippen molar-refractivity contribution in [1.29, 1.82) is 0 Å². The molecule has 15 aromatic rings. The number of imidazole rings is 1. The molecule has 0 aliphatic heterocycles. The molecule has 0 atom stereocenters. The predicted molar refractivity (Wildman–Crippen MR) is 416 cm³/mol. The van der Waals surface area contributed by atoms with Crippen LogP contribution in [0.1, 0.15) is 6.92 Å². The molecule has 7 heteroatoms. The molecule has 7 nitrogen and oxygen atoms in total. The molecule has 0 aliphatic rings. The van der Waals surface area contributed by atoms with Crippen LogP contribution in [0.15, 0.2) is 411 Å². The Morgan fingerprint density at radius 2 is 0.545 bits per heavy atom. The van der Waals surface area contributed by atoms with E-state index in [9.17, 15) is 0 Å². The van der Waals surface area contributed by atoms with Crippen molar-refractivity contribution >= 4 is 73.6 Å². The first kappa shape index (κ1) is 61.9. The first-order chi connectivity index (χ1) is 49.0. The Morgan fingerprint density at radius 3 is 0.919 bits per heavy atom. The van der Waals surface area contributed by atoms with Crippen molar-refractivity contribution in [3.63, 3.8) is 0 Å². The first-order valence-electron chi connectivity index (χ1n) is 33.5. The van der Waals surface area contributed by atoms with Crippen LogP contribution >= 0.6 is 0 Å². The number of fused-ring (bicyclic) bond motifs is 1. The smallest absolute Gasteiger partial charge is 0.317 e. The summed E-state index contributed by atoms with van der Waals surface area (Å²) in [5.74, 6) is 0. The van der Waals surface area contributed by atoms with E-state index in [2.05, 4.69) is 372 Å². The maximum absolute atomic E-state index is 15.5. The van der Waals surface area contributed by atoms with Crippen LogP contribution in [0.3, 0.4) is 0 Å². The van der Waals surface area contributed by atoms with E-state index in [1.54, 1.807) is 0 Å². The second-order valence-corrected chi connectivity index (χ2v) is 24.1. The molecule has 1 heterocycles. The number of hydrogen-bond donors (Lipinski definition) is 0. The Bertz CT molecular complexity index is 5230. The monoisotopic (exact) mass is 1270 g/mol. The topological polar surface area (TPSA) is 39.9 Å². The van der Waals surface area contributed by atoms with Gasteiger partial charge in [-0.05, 0) is 216 Å². The Kier molecular flexibility index (Phi) is 18.0. The standard InChI is InChI=1S/C92H70N6O/c1-2-3-4-5-29-66-93(75-30-13-6-14-31-75)88-64-54-73(69-46-56-82(57-47-69)94(76-32-15-7-16-33-76)77-34-17-8-18-35-77)67-86(88)71-50-60-84(61-51-71)97-90-44-27-28-45-91(90)98(92(97)99)85-62-52-72(53-63-85)87-68-74(55-65-89(87)96(80-40-23-11-24-41-80)81-42-25-12-26-43-81)70-48-58-83(59-49-70)95(78-36-19-9-20-37-78)79-38-21-10-22-39-79/h2-68H,1H3/b3-2-,5-4-,66-29+. The van der Waals surface area contributed by atoms with Gasteiger partial charge in [-0.1, -0.05) is 224 Å². The minimum absolute atomic E-state index is 0.171. The van der Waals surface area contributed by atoms with E-state index in [-0.39, 0.29) is 5.69 Å². The summed E-state index contributed by atoms with van der Waals surface area (Å²) in [4.78, 5) is 24.6. The molecule has 474 valence electrons. The van der Waals surface area contributed by atoms with E-state index in [1.165, 1.54) is 0 Å². The normalized spacial score (nSPS) is 11.4. The number of allylic oxidation sites excluding steroid dienone is 5. The highest BCUT2D eigenvalue weighted by molar-refractivity contribution is 5.93. The summed E-state index contributed by atoms with van der Waals surface area (Å²) in [5, 5.41) is 0. The SMILES string of the molecule is C\C=C/C=C\C=C\N(c1ccccc1)c1ccc(-c2ccc(N(c3ccccc3)c3ccccc3)cc2)cc1-c1ccc(-n2c(=O)n(-c3ccc(-c4cc(-c5ccc(N(c6ccccc6)c6ccccc6)cc5)ccc4N(c4ccccc4)c4ccccc4)cc3)c3ccccc32)cc1. The maximum Gasteiger partial charge on any atom is 0.338 e. The highest BCUT2D eigenvalue weighted by Crippen LogP contribution is 2.45. The Labute approximate surface area is 578 Å². The van der Waals surface area contributed by atoms with Gasteiger partial charge in [-0.2, -0.15) is 0 Å². The Hall–Kier alpha value is -13.2. The lowest BCUT2D eigenvalue weighted by Gasteiger charge is -2.28. The number of para-hydroxylation sites is 9. The summed E-state index contributed by atoms with van der Waals surface area (Å²) in [6.45, 7) is 2.02. The fourth-order valence-electron chi connectivity index (χ4n) is 13.2. The lowest BCUT2D eigenvalue weighted by atomic mass is 9.95. The number of aromatic nitrogens is 2. The minimum Gasteiger partial charge on any atom is -0.317 e. The summed E-state index contributed by atoms with van der Waals surface area (Å²) in [6.07, 6.45) is 12.3. The van der Waals surface area contributed by atoms with Crippen LogP contribution < -0.4 is 25.3 Å². The van der Waals surface area contributed by atoms with Crippen LogP contribution in [0.25, 0.3) is 66.9 Å². The van der Waals surface area contributed by atoms with Crippen LogP contribution in [0.2, 0.25) is 0 Å². The highest BCUT2D eigenvalue weighted by Gasteiger charge is 2.23. The van der Waals surface area contributed by atoms with Gasteiger partial charge in [0.25, 0.3) is 0 Å². The fraction of sp³-hybridized carbons (Fsp3) is 0.0109. The predicted octanol–water partition coefficient (Wildman–Crippen LogP) is 24.6. The van der Waals surface area contributed by atoms with Crippen molar-refractivity contribution in [3.8, 4) is 55.9 Å². The van der Waals surface area contributed by atoms with Crippen molar-refractivity contribution < 1.29 is 0 Å². The zero-order valence-electron chi connectivity index (χ0n) is 54.8. The second kappa shape index (κ2) is 28.8. The third-order valence-electron chi connectivity index (χ3n) is 17.9. The average molecular weight is 1280 g/mol. The summed E-state index contributed by atoms with van der Waals surface area (Å²) in [5.41, 5.74) is 22.9. The molecule has 0 bridgehead atoms. The van der Waals surface area contributed by atoms with E-state index in [4.69, 9.17) is 0 Å². The van der Waals surface area contributed by atoms with Crippen molar-refractivity contribution in [2.45, 2.75) is 6.92 Å². The van der Waals surface area contributed by atoms with Crippen LogP contribution in [0.5, 0.6) is 0 Å². The van der Waals surface area contributed by atoms with Gasteiger partial charge < -0.3 is 19.6 Å². The molecule has 15 rings (SSSR count). The van der Waals surface area contributed by atoms with Crippen LogP contribution in [-0.2, 0) is 0 Å². The highest BCUT2D eigenvalue weighted by atomic mass is 16.1. The van der Waals surface area contributed by atoms with Crippen LogP contribution in [-0.4, -0.2) is 9.13 Å². The van der Waals surface area contributed by atoms with Gasteiger partial charge in [-0.25, -0.2) is 4.79 Å². The summed E-state index contributed by atoms with van der Waals surface area (Å²) in [6, 6.07) is 130. The number of anilines is 11. The Balaban J connectivity index is 0.801. The van der Waals surface area contributed by atoms with Gasteiger partial charge in [-0.15, -0.1) is 0 Å². The molecule has 0 unspecified atom stereocenters. The summed E-state index contributed by atoms with van der Waals surface area (Å²) < 4.78 is 3.67. The molecule has 0 saturated heterocycles. The van der Waals surface area contributed by atoms with Crippen molar-refractivity contribution in [2.75, 3.05) is 19.6 Å². The van der Waals surface area contributed by atoms with Crippen molar-refractivity contribution in [1.82, 2.24) is 9.13 Å². The van der Waals surface area contributed by atoms with Gasteiger partial charge in [0.05, 0.1) is 33.8 Å². The number of rotatable bonds is 20. The lowest BCUT2D eigenvalue weighted by Crippen LogP contribution is -2.22. The maximum atomic E-state index is 15.5. The molecule has 0 saturated carbocycles. The number of hydrogen-bond acceptors (Lipinski definition) is 5. The average Bonchev–Trinajstić information content (AvgIpc) is 1.62. The number of benzene rings is 14. The molecule has 0 N–H and O–H groups in total. The van der Waals surface area contributed by atoms with Gasteiger partial charge in [0.1, 0.15) is 0 Å². The van der Waals surface area contributed by atoms with E-state index >= 15 is 4.79 Å². The zero-order valence-corrected chi connectivity index (χ0v) is 54.8. The minimum atomic E-state index is -0.171. The van der Waals surface area contributed by atoms with E-state index < -0.39 is 0 Å². The molecular weight excluding hydrogens is 1210 g/mol. The largest absolute Gasteiger partial charge is 0.338 e. The third-order valence-corrected chi connectivity index (χ3v) is 17.9. The first-order valence-corrected chi connectivity index (χ1v) is 33.5. The molecule has 0 spiro atoms. The molecule has 0 aliphatic carbocycles. The Morgan fingerprint density at radius 1 is 0.253 bits per heavy atom. The lowest BCUT2D eigenvalue weighted by molar-refractivity contribution is 0.931. The molecule has 0 fully saturated rings. The van der Waals surface area contributed by atoms with Crippen LogP contribution in [0, 0.1) is 0 Å². The molecule has 1 aromatic heterocycles. The van der Waals surface area contributed by atoms with Gasteiger partial charge in [0.2, 0.25) is 0 Å². The quantitative estimate of drug-likeness (QED) is 0.0711.